The Labute approximate surface area is 129 Å². The number of esters is 1. The van der Waals surface area contributed by atoms with E-state index >= 15 is 0 Å². The van der Waals surface area contributed by atoms with E-state index in [9.17, 15) is 9.90 Å². The summed E-state index contributed by atoms with van der Waals surface area (Å²) in [6.07, 6.45) is 1.55. The molecule has 0 unspecified atom stereocenters. The third kappa shape index (κ3) is 2.83. The Balaban J connectivity index is 2.03. The van der Waals surface area contributed by atoms with Crippen LogP contribution in [0.2, 0.25) is 0 Å². The van der Waals surface area contributed by atoms with E-state index < -0.39 is 5.97 Å². The Morgan fingerprint density at radius 1 is 1.23 bits per heavy atom. The molecule has 4 heteroatoms. The van der Waals surface area contributed by atoms with Crippen LogP contribution in [0.3, 0.4) is 0 Å². The molecule has 114 valence electrons. The zero-order valence-corrected chi connectivity index (χ0v) is 12.5. The molecular formula is C18H18O4. The molecule has 1 N–H and O–H groups in total. The lowest BCUT2D eigenvalue weighted by Gasteiger charge is -2.18. The van der Waals surface area contributed by atoms with Crippen LogP contribution in [0.1, 0.15) is 33.5 Å². The Morgan fingerprint density at radius 2 is 2.09 bits per heavy atom. The van der Waals surface area contributed by atoms with Crippen molar-refractivity contribution in [2.45, 2.75) is 26.4 Å². The molecule has 0 aliphatic carbocycles. The maximum Gasteiger partial charge on any atom is 0.343 e. The topological polar surface area (TPSA) is 55.8 Å². The van der Waals surface area contributed by atoms with Crippen LogP contribution < -0.4 is 9.47 Å². The van der Waals surface area contributed by atoms with Gasteiger partial charge in [-0.2, -0.15) is 0 Å². The maximum absolute atomic E-state index is 12.5. The van der Waals surface area contributed by atoms with Crippen LogP contribution in [0.4, 0.5) is 0 Å². The molecule has 0 amide bonds. The standard InChI is InChI=1S/C18H18O4/c1-12-7-8-15-13(10-12)5-3-9-21-17-14(11-19)4-2-6-16(17)22-18(15)20/h2,4,6-8,10,19H,3,5,9,11H2,1H3. The van der Waals surface area contributed by atoms with Crippen molar-refractivity contribution in [3.63, 3.8) is 0 Å². The number of ether oxygens (including phenoxy) is 2. The van der Waals surface area contributed by atoms with Gasteiger partial charge in [0.1, 0.15) is 0 Å². The lowest BCUT2D eigenvalue weighted by Crippen LogP contribution is -2.15. The molecule has 2 aromatic rings. The second-order valence-corrected chi connectivity index (χ2v) is 5.40. The predicted molar refractivity (Wildman–Crippen MR) is 82.3 cm³/mol. The summed E-state index contributed by atoms with van der Waals surface area (Å²) in [5.74, 6) is 0.413. The van der Waals surface area contributed by atoms with Gasteiger partial charge in [-0.1, -0.05) is 29.8 Å². The summed E-state index contributed by atoms with van der Waals surface area (Å²) in [7, 11) is 0. The van der Waals surface area contributed by atoms with E-state index in [0.29, 0.717) is 29.2 Å². The van der Waals surface area contributed by atoms with E-state index in [1.807, 2.05) is 25.1 Å². The quantitative estimate of drug-likeness (QED) is 0.649. The molecule has 1 aliphatic rings. The molecule has 22 heavy (non-hydrogen) atoms. The van der Waals surface area contributed by atoms with E-state index in [1.165, 1.54) is 0 Å². The van der Waals surface area contributed by atoms with E-state index in [0.717, 1.165) is 24.0 Å². The third-order valence-corrected chi connectivity index (χ3v) is 3.75. The van der Waals surface area contributed by atoms with Crippen LogP contribution in [0, 0.1) is 6.92 Å². The lowest BCUT2D eigenvalue weighted by atomic mass is 10.0. The largest absolute Gasteiger partial charge is 0.489 e. The first-order valence-electron chi connectivity index (χ1n) is 7.36. The number of fused-ring (bicyclic) bond motifs is 2. The maximum atomic E-state index is 12.5. The summed E-state index contributed by atoms with van der Waals surface area (Å²) < 4.78 is 11.2. The van der Waals surface area contributed by atoms with Crippen molar-refractivity contribution in [1.82, 2.24) is 0 Å². The number of carbonyl (C=O) groups is 1. The van der Waals surface area contributed by atoms with Crippen LogP contribution in [-0.4, -0.2) is 17.7 Å². The summed E-state index contributed by atoms with van der Waals surface area (Å²) in [6.45, 7) is 2.36. The molecule has 2 aromatic carbocycles. The Hall–Kier alpha value is -2.33. The van der Waals surface area contributed by atoms with Gasteiger partial charge in [-0.3, -0.25) is 0 Å². The van der Waals surface area contributed by atoms with E-state index in [1.54, 1.807) is 18.2 Å². The minimum absolute atomic E-state index is 0.156. The first kappa shape index (κ1) is 14.6. The van der Waals surface area contributed by atoms with Crippen molar-refractivity contribution in [2.24, 2.45) is 0 Å². The summed E-state index contributed by atoms with van der Waals surface area (Å²) in [6, 6.07) is 10.9. The van der Waals surface area contributed by atoms with Gasteiger partial charge in [-0.25, -0.2) is 4.79 Å². The summed E-state index contributed by atoms with van der Waals surface area (Å²) in [5, 5.41) is 9.42. The molecule has 0 saturated heterocycles. The van der Waals surface area contributed by atoms with Gasteiger partial charge < -0.3 is 14.6 Å². The zero-order valence-electron chi connectivity index (χ0n) is 12.5. The van der Waals surface area contributed by atoms with E-state index in [-0.39, 0.29) is 6.61 Å². The van der Waals surface area contributed by atoms with Crippen LogP contribution >= 0.6 is 0 Å². The van der Waals surface area contributed by atoms with Crippen molar-refractivity contribution in [3.05, 3.63) is 58.7 Å². The fraction of sp³-hybridized carbons (Fsp3) is 0.278. The number of rotatable bonds is 1. The van der Waals surface area contributed by atoms with Gasteiger partial charge in [0.2, 0.25) is 0 Å². The van der Waals surface area contributed by atoms with Crippen LogP contribution in [0.15, 0.2) is 36.4 Å². The average Bonchev–Trinajstić information content (AvgIpc) is 2.52. The fourth-order valence-corrected chi connectivity index (χ4v) is 2.65. The smallest absolute Gasteiger partial charge is 0.343 e. The first-order chi connectivity index (χ1) is 10.7. The molecule has 0 saturated carbocycles. The van der Waals surface area contributed by atoms with Gasteiger partial charge in [-0.15, -0.1) is 0 Å². The highest BCUT2D eigenvalue weighted by Gasteiger charge is 2.19. The number of aliphatic hydroxyl groups excluding tert-OH is 1. The molecular weight excluding hydrogens is 280 g/mol. The molecule has 1 heterocycles. The number of aryl methyl sites for hydroxylation is 2. The summed E-state index contributed by atoms with van der Waals surface area (Å²) in [4.78, 5) is 12.5. The molecule has 4 nitrogen and oxygen atoms in total. The van der Waals surface area contributed by atoms with Gasteiger partial charge in [-0.05, 0) is 37.5 Å². The number of para-hydroxylation sites is 1. The van der Waals surface area contributed by atoms with Crippen molar-refractivity contribution in [1.29, 1.82) is 0 Å². The number of carbonyl (C=O) groups excluding carboxylic acids is 1. The lowest BCUT2D eigenvalue weighted by molar-refractivity contribution is 0.0724. The first-order valence-corrected chi connectivity index (χ1v) is 7.36. The van der Waals surface area contributed by atoms with Crippen molar-refractivity contribution in [3.8, 4) is 11.5 Å². The number of benzene rings is 2. The molecule has 0 radical (unpaired) electrons. The normalized spacial score (nSPS) is 14.4. The highest BCUT2D eigenvalue weighted by molar-refractivity contribution is 5.93. The Bertz CT molecular complexity index is 706. The Morgan fingerprint density at radius 3 is 2.91 bits per heavy atom. The minimum atomic E-state index is -0.392. The Kier molecular flexibility index (Phi) is 4.11. The zero-order chi connectivity index (χ0) is 15.5. The van der Waals surface area contributed by atoms with Crippen LogP contribution in [0.25, 0.3) is 0 Å². The highest BCUT2D eigenvalue weighted by Crippen LogP contribution is 2.33. The van der Waals surface area contributed by atoms with Crippen molar-refractivity contribution < 1.29 is 19.4 Å². The van der Waals surface area contributed by atoms with Gasteiger partial charge in [0, 0.05) is 5.56 Å². The minimum Gasteiger partial charge on any atom is -0.489 e. The molecule has 0 aromatic heterocycles. The molecule has 0 spiro atoms. The average molecular weight is 298 g/mol. The highest BCUT2D eigenvalue weighted by atomic mass is 16.6. The van der Waals surface area contributed by atoms with E-state index in [2.05, 4.69) is 0 Å². The van der Waals surface area contributed by atoms with E-state index in [4.69, 9.17) is 9.47 Å². The number of hydrogen-bond donors (Lipinski definition) is 1. The van der Waals surface area contributed by atoms with Crippen molar-refractivity contribution >= 4 is 5.97 Å². The third-order valence-electron chi connectivity index (χ3n) is 3.75. The van der Waals surface area contributed by atoms with Gasteiger partial charge in [0.25, 0.3) is 0 Å². The molecule has 3 rings (SSSR count). The second kappa shape index (κ2) is 6.20. The summed E-state index contributed by atoms with van der Waals surface area (Å²) in [5.41, 5.74) is 3.31. The number of hydrogen-bond acceptors (Lipinski definition) is 4. The second-order valence-electron chi connectivity index (χ2n) is 5.40. The van der Waals surface area contributed by atoms with Gasteiger partial charge in [0.05, 0.1) is 18.8 Å². The van der Waals surface area contributed by atoms with Gasteiger partial charge >= 0.3 is 5.97 Å². The molecule has 0 fully saturated rings. The van der Waals surface area contributed by atoms with Crippen molar-refractivity contribution in [2.75, 3.05) is 6.61 Å². The monoisotopic (exact) mass is 298 g/mol. The molecule has 1 aliphatic heterocycles. The summed E-state index contributed by atoms with van der Waals surface area (Å²) >= 11 is 0. The molecule has 0 bridgehead atoms. The van der Waals surface area contributed by atoms with Crippen LogP contribution in [0.5, 0.6) is 11.5 Å². The number of aliphatic hydroxyl groups is 1. The fourth-order valence-electron chi connectivity index (χ4n) is 2.65. The SMILES string of the molecule is Cc1ccc2c(c1)CCCOc1c(CO)cccc1OC2=O. The van der Waals surface area contributed by atoms with Crippen LogP contribution in [-0.2, 0) is 13.0 Å². The molecule has 0 atom stereocenters. The van der Waals surface area contributed by atoms with Gasteiger partial charge in [0.15, 0.2) is 11.5 Å². The predicted octanol–water partition coefficient (Wildman–Crippen LogP) is 3.03.